The average Bonchev–Trinajstić information content (AvgIpc) is 2.74. The highest BCUT2D eigenvalue weighted by atomic mass is 35.7. The van der Waals surface area contributed by atoms with Gasteiger partial charge in [0.2, 0.25) is 0 Å². The van der Waals surface area contributed by atoms with Gasteiger partial charge < -0.3 is 0 Å². The van der Waals surface area contributed by atoms with E-state index in [1.54, 1.807) is 0 Å². The molecule has 2 aliphatic carbocycles. The van der Waals surface area contributed by atoms with E-state index in [-0.39, 0.29) is 0 Å². The lowest BCUT2D eigenvalue weighted by molar-refractivity contribution is 0.156. The fourth-order valence-corrected chi connectivity index (χ4v) is 8.37. The summed E-state index contributed by atoms with van der Waals surface area (Å²) in [4.78, 5) is 0. The largest absolute Gasteiger partial charge is 0.280 e. The zero-order valence-corrected chi connectivity index (χ0v) is 20.6. The minimum absolute atomic E-state index is 0.675. The molecule has 2 aliphatic rings. The molecule has 28 heavy (non-hydrogen) atoms. The Hall–Kier alpha value is 0.0169. The molecule has 1 aromatic carbocycles. The van der Waals surface area contributed by atoms with Gasteiger partial charge in [-0.2, -0.15) is 0 Å². The summed E-state index contributed by atoms with van der Waals surface area (Å²) in [5, 5.41) is 1.29. The Morgan fingerprint density at radius 3 is 2.04 bits per heavy atom. The molecule has 1 aromatic rings. The van der Waals surface area contributed by atoms with Gasteiger partial charge >= 0.3 is 0 Å². The molecule has 0 heterocycles. The third-order valence-corrected chi connectivity index (χ3v) is 12.7. The van der Waals surface area contributed by atoms with E-state index in [4.69, 9.17) is 22.2 Å². The lowest BCUT2D eigenvalue weighted by Crippen LogP contribution is -2.39. The molecule has 0 nitrogen and oxygen atoms in total. The quantitative estimate of drug-likeness (QED) is 0.216. The summed E-state index contributed by atoms with van der Waals surface area (Å²) in [5.41, 5.74) is 1.47. The summed E-state index contributed by atoms with van der Waals surface area (Å²) in [6.07, 6.45) is 17.2. The van der Waals surface area contributed by atoms with Crippen molar-refractivity contribution in [2.45, 2.75) is 103 Å². The van der Waals surface area contributed by atoms with Crippen LogP contribution in [0, 0.1) is 17.8 Å². The summed E-state index contributed by atoms with van der Waals surface area (Å²) < 4.78 is 0. The predicted octanol–water partition coefficient (Wildman–Crippen LogP) is 8.49. The van der Waals surface area contributed by atoms with Crippen molar-refractivity contribution >= 4 is 34.0 Å². The number of hydrogen-bond donors (Lipinski definition) is 0. The molecule has 0 amide bonds. The number of benzene rings is 1. The van der Waals surface area contributed by atoms with Crippen LogP contribution in [0.5, 0.6) is 0 Å². The second-order valence-electron chi connectivity index (χ2n) is 9.53. The lowest BCUT2D eigenvalue weighted by Gasteiger charge is -2.38. The van der Waals surface area contributed by atoms with Crippen molar-refractivity contribution in [3.8, 4) is 0 Å². The van der Waals surface area contributed by atoms with Crippen LogP contribution in [0.1, 0.15) is 102 Å². The minimum atomic E-state index is -2.31. The monoisotopic (exact) mass is 438 g/mol. The molecule has 0 bridgehead atoms. The van der Waals surface area contributed by atoms with Crippen LogP contribution in [0.25, 0.3) is 0 Å². The minimum Gasteiger partial charge on any atom is -0.140 e. The molecule has 158 valence electrons. The summed E-state index contributed by atoms with van der Waals surface area (Å²) in [6, 6.07) is 9.70. The Kier molecular flexibility index (Phi) is 8.81. The van der Waals surface area contributed by atoms with E-state index in [0.717, 1.165) is 23.8 Å². The third-order valence-electron chi connectivity index (χ3n) is 7.78. The van der Waals surface area contributed by atoms with E-state index in [1.165, 1.54) is 87.8 Å². The highest BCUT2D eigenvalue weighted by molar-refractivity contribution is 7.51. The smallest absolute Gasteiger partial charge is 0.140 e. The molecule has 3 rings (SSSR count). The van der Waals surface area contributed by atoms with E-state index < -0.39 is 6.69 Å². The van der Waals surface area contributed by atoms with Crippen molar-refractivity contribution in [2.24, 2.45) is 17.8 Å². The molecule has 0 radical (unpaired) electrons. The van der Waals surface area contributed by atoms with Crippen LogP contribution < -0.4 is 5.19 Å². The number of unbranched alkanes of at least 4 members (excludes halogenated alkanes) is 2. The third kappa shape index (κ3) is 5.79. The van der Waals surface area contributed by atoms with Gasteiger partial charge in [-0.05, 0) is 79.0 Å². The topological polar surface area (TPSA) is 0 Å². The lowest BCUT2D eigenvalue weighted by atomic mass is 9.68. The van der Waals surface area contributed by atoms with Gasteiger partial charge in [-0.25, -0.2) is 0 Å². The normalized spacial score (nSPS) is 29.0. The van der Waals surface area contributed by atoms with Gasteiger partial charge in [-0.1, -0.05) is 76.6 Å². The van der Waals surface area contributed by atoms with E-state index in [9.17, 15) is 0 Å². The van der Waals surface area contributed by atoms with Crippen molar-refractivity contribution < 1.29 is 0 Å². The molecular formula is C25H40Cl2Si. The Balaban J connectivity index is 1.51. The van der Waals surface area contributed by atoms with E-state index in [2.05, 4.69) is 38.1 Å². The summed E-state index contributed by atoms with van der Waals surface area (Å²) in [7, 11) is 0. The molecular weight excluding hydrogens is 399 g/mol. The van der Waals surface area contributed by atoms with Crippen LogP contribution >= 0.6 is 22.2 Å². The van der Waals surface area contributed by atoms with E-state index in [0.29, 0.717) is 5.92 Å². The Bertz CT molecular complexity index is 584. The first-order chi connectivity index (χ1) is 13.5. The van der Waals surface area contributed by atoms with E-state index >= 15 is 0 Å². The molecule has 0 spiro atoms. The number of rotatable bonds is 8. The van der Waals surface area contributed by atoms with Crippen LogP contribution in [0.4, 0.5) is 0 Å². The number of hydrogen-bond acceptors (Lipinski definition) is 0. The maximum Gasteiger partial charge on any atom is 0.280 e. The van der Waals surface area contributed by atoms with Crippen LogP contribution in [0.3, 0.4) is 0 Å². The maximum atomic E-state index is 6.78. The molecule has 0 aromatic heterocycles. The molecule has 2 fully saturated rings. The highest BCUT2D eigenvalue weighted by Crippen LogP contribution is 2.44. The molecule has 0 N–H and O–H groups in total. The predicted molar refractivity (Wildman–Crippen MR) is 128 cm³/mol. The van der Waals surface area contributed by atoms with Crippen LogP contribution in [-0.4, -0.2) is 6.69 Å². The average molecular weight is 440 g/mol. The first-order valence-electron chi connectivity index (χ1n) is 12.0. The molecule has 0 unspecified atom stereocenters. The second kappa shape index (κ2) is 10.9. The maximum absolute atomic E-state index is 6.78. The Morgan fingerprint density at radius 2 is 1.43 bits per heavy atom. The van der Waals surface area contributed by atoms with Gasteiger partial charge in [0.05, 0.1) is 0 Å². The van der Waals surface area contributed by atoms with Crippen molar-refractivity contribution in [3.63, 3.8) is 0 Å². The van der Waals surface area contributed by atoms with Crippen molar-refractivity contribution in [1.29, 1.82) is 0 Å². The Morgan fingerprint density at radius 1 is 0.821 bits per heavy atom. The van der Waals surface area contributed by atoms with Gasteiger partial charge in [0, 0.05) is 0 Å². The van der Waals surface area contributed by atoms with Gasteiger partial charge in [0.25, 0.3) is 6.69 Å². The van der Waals surface area contributed by atoms with Crippen LogP contribution in [0.2, 0.25) is 6.04 Å². The van der Waals surface area contributed by atoms with Gasteiger partial charge in [-0.15, -0.1) is 22.2 Å². The molecule has 0 saturated heterocycles. The van der Waals surface area contributed by atoms with Gasteiger partial charge in [-0.3, -0.25) is 0 Å². The van der Waals surface area contributed by atoms with Gasteiger partial charge in [0.15, 0.2) is 0 Å². The van der Waals surface area contributed by atoms with Crippen molar-refractivity contribution in [3.05, 3.63) is 29.8 Å². The second-order valence-corrected chi connectivity index (χ2v) is 16.6. The highest BCUT2D eigenvalue weighted by Gasteiger charge is 2.35. The first kappa shape index (κ1) is 22.7. The molecule has 0 atom stereocenters. The van der Waals surface area contributed by atoms with Crippen molar-refractivity contribution in [1.82, 2.24) is 0 Å². The van der Waals surface area contributed by atoms with Crippen LogP contribution in [-0.2, 0) is 0 Å². The molecule has 2 saturated carbocycles. The molecule has 0 aliphatic heterocycles. The zero-order valence-electron chi connectivity index (χ0n) is 18.1. The fraction of sp³-hybridized carbons (Fsp3) is 0.760. The standard InChI is InChI=1S/C25H40Cl2Si/c1-3-5-6-9-20-12-14-21(15-13-20)22-16-18-23(19-17-22)24-10-7-8-11-25(24)28(26,27)4-2/h7-8,10-11,20-23H,3-6,9,12-19H2,1-2H3. The van der Waals surface area contributed by atoms with Gasteiger partial charge in [0.1, 0.15) is 0 Å². The summed E-state index contributed by atoms with van der Waals surface area (Å²) >= 11 is 13.6. The van der Waals surface area contributed by atoms with E-state index in [1.807, 2.05) is 0 Å². The van der Waals surface area contributed by atoms with Crippen molar-refractivity contribution in [2.75, 3.05) is 0 Å². The first-order valence-corrected chi connectivity index (χ1v) is 16.3. The fourth-order valence-electron chi connectivity index (χ4n) is 5.91. The molecule has 3 heteroatoms. The zero-order chi connectivity index (χ0) is 20.0. The Labute approximate surface area is 184 Å². The summed E-state index contributed by atoms with van der Waals surface area (Å²) in [6.45, 7) is 2.14. The van der Waals surface area contributed by atoms with Crippen LogP contribution in [0.15, 0.2) is 24.3 Å². The SMILES string of the molecule is CCCCCC1CCC(C2CCC(c3ccccc3[Si](Cl)(Cl)CC)CC2)CC1. The number of halogens is 2. The summed E-state index contributed by atoms with van der Waals surface area (Å²) in [5.74, 6) is 3.68.